The van der Waals surface area contributed by atoms with Crippen LogP contribution < -0.4 is 0 Å². The molecule has 13 heavy (non-hydrogen) atoms. The fourth-order valence-corrected chi connectivity index (χ4v) is 1.43. The van der Waals surface area contributed by atoms with Gasteiger partial charge in [0.15, 0.2) is 6.61 Å². The number of hydrogen-bond donors (Lipinski definition) is 1. The number of allylic oxidation sites excluding steroid dienone is 4. The first-order valence-corrected chi connectivity index (χ1v) is 4.38. The van der Waals surface area contributed by atoms with Crippen LogP contribution in [0.5, 0.6) is 0 Å². The van der Waals surface area contributed by atoms with Gasteiger partial charge in [-0.3, -0.25) is 0 Å². The molecule has 0 saturated carbocycles. The zero-order valence-corrected chi connectivity index (χ0v) is 8.04. The van der Waals surface area contributed by atoms with E-state index in [1.165, 1.54) is 0 Å². The van der Waals surface area contributed by atoms with Gasteiger partial charge in [-0.05, 0) is 18.6 Å². The van der Waals surface area contributed by atoms with Crippen molar-refractivity contribution in [1.29, 1.82) is 0 Å². The van der Waals surface area contributed by atoms with Crippen molar-refractivity contribution in [1.82, 2.24) is 0 Å². The zero-order chi connectivity index (χ0) is 9.84. The Morgan fingerprint density at radius 2 is 2.46 bits per heavy atom. The molecule has 1 aliphatic rings. The second-order valence-corrected chi connectivity index (χ2v) is 3.46. The molecule has 1 aliphatic carbocycles. The number of carboxylic acids is 1. The second kappa shape index (κ2) is 4.33. The van der Waals surface area contributed by atoms with E-state index < -0.39 is 5.97 Å². The van der Waals surface area contributed by atoms with E-state index in [0.717, 1.165) is 5.03 Å². The van der Waals surface area contributed by atoms with Crippen LogP contribution in [0.15, 0.2) is 22.9 Å². The normalized spacial score (nSPS) is 21.8. The number of hydrogen-bond acceptors (Lipinski definition) is 2. The summed E-state index contributed by atoms with van der Waals surface area (Å²) >= 11 is 5.78. The van der Waals surface area contributed by atoms with Gasteiger partial charge in [0.05, 0.1) is 0 Å². The van der Waals surface area contributed by atoms with Crippen LogP contribution in [0.2, 0.25) is 0 Å². The first-order valence-electron chi connectivity index (χ1n) is 4.00. The Morgan fingerprint density at radius 1 is 1.77 bits per heavy atom. The number of carboxylic acid groups (broad SMARTS) is 1. The molecule has 4 heteroatoms. The predicted octanol–water partition coefficient (Wildman–Crippen LogP) is 2.13. The molecule has 0 spiro atoms. The van der Waals surface area contributed by atoms with Crippen LogP contribution >= 0.6 is 11.6 Å². The zero-order valence-electron chi connectivity index (χ0n) is 7.29. The fraction of sp³-hybridized carbons (Fsp3) is 0.444. The molecule has 0 fully saturated rings. The topological polar surface area (TPSA) is 46.5 Å². The lowest BCUT2D eigenvalue weighted by Crippen LogP contribution is -2.12. The van der Waals surface area contributed by atoms with E-state index in [-0.39, 0.29) is 12.5 Å². The first-order chi connectivity index (χ1) is 6.09. The Kier molecular flexibility index (Phi) is 3.37. The molecule has 0 aliphatic heterocycles. The summed E-state index contributed by atoms with van der Waals surface area (Å²) in [5, 5.41) is 9.16. The van der Waals surface area contributed by atoms with Gasteiger partial charge >= 0.3 is 5.97 Å². The van der Waals surface area contributed by atoms with Gasteiger partial charge in [0, 0.05) is 11.0 Å². The first kappa shape index (κ1) is 10.1. The van der Waals surface area contributed by atoms with Crippen LogP contribution in [-0.4, -0.2) is 17.7 Å². The van der Waals surface area contributed by atoms with Gasteiger partial charge in [-0.2, -0.15) is 0 Å². The third kappa shape index (κ3) is 3.11. The van der Waals surface area contributed by atoms with Crippen LogP contribution in [0, 0.1) is 5.92 Å². The summed E-state index contributed by atoms with van der Waals surface area (Å²) in [6.45, 7) is 1.66. The van der Waals surface area contributed by atoms with Crippen LogP contribution in [0.1, 0.15) is 13.3 Å². The van der Waals surface area contributed by atoms with Crippen molar-refractivity contribution >= 4 is 17.6 Å². The molecule has 1 N–H and O–H groups in total. The van der Waals surface area contributed by atoms with Gasteiger partial charge in [-0.25, -0.2) is 4.79 Å². The average Bonchev–Trinajstić information content (AvgIpc) is 2.02. The maximum Gasteiger partial charge on any atom is 0.341 e. The minimum atomic E-state index is -0.964. The van der Waals surface area contributed by atoms with E-state index in [2.05, 4.69) is 0 Å². The Balaban J connectivity index is 2.53. The molecule has 0 bridgehead atoms. The molecule has 72 valence electrons. The molecular formula is C9H11ClO3. The Hall–Kier alpha value is -0.960. The summed E-state index contributed by atoms with van der Waals surface area (Å²) < 4.78 is 5.06. The highest BCUT2D eigenvalue weighted by Gasteiger charge is 2.15. The van der Waals surface area contributed by atoms with Crippen molar-refractivity contribution in [2.45, 2.75) is 13.3 Å². The number of ether oxygens (including phenoxy) is 1. The summed E-state index contributed by atoms with van der Waals surface area (Å²) in [7, 11) is 0. The van der Waals surface area contributed by atoms with Gasteiger partial charge < -0.3 is 9.84 Å². The molecular weight excluding hydrogens is 192 g/mol. The van der Waals surface area contributed by atoms with E-state index in [9.17, 15) is 4.79 Å². The van der Waals surface area contributed by atoms with Crippen LogP contribution in [0.4, 0.5) is 0 Å². The lowest BCUT2D eigenvalue weighted by molar-refractivity contribution is -0.141. The van der Waals surface area contributed by atoms with E-state index in [1.54, 1.807) is 12.2 Å². The van der Waals surface area contributed by atoms with Crippen molar-refractivity contribution in [3.8, 4) is 0 Å². The Bertz CT molecular complexity index is 268. The van der Waals surface area contributed by atoms with E-state index in [0.29, 0.717) is 12.2 Å². The standard InChI is InChI=1S/C9H11ClO3/c1-6-4-7(10)2-3-8(6)13-5-9(11)12/h2-3,6H,4-5H2,1H3,(H,11,12). The molecule has 0 heterocycles. The van der Waals surface area contributed by atoms with Gasteiger partial charge in [-0.1, -0.05) is 18.5 Å². The van der Waals surface area contributed by atoms with E-state index in [1.807, 2.05) is 6.92 Å². The van der Waals surface area contributed by atoms with Crippen molar-refractivity contribution < 1.29 is 14.6 Å². The van der Waals surface area contributed by atoms with Gasteiger partial charge in [0.1, 0.15) is 5.76 Å². The summed E-state index contributed by atoms with van der Waals surface area (Å²) in [5.74, 6) is -0.114. The van der Waals surface area contributed by atoms with Crippen molar-refractivity contribution in [3.63, 3.8) is 0 Å². The highest BCUT2D eigenvalue weighted by molar-refractivity contribution is 6.29. The fourth-order valence-electron chi connectivity index (χ4n) is 1.13. The Morgan fingerprint density at radius 3 is 3.00 bits per heavy atom. The predicted molar refractivity (Wildman–Crippen MR) is 49.4 cm³/mol. The summed E-state index contributed by atoms with van der Waals surface area (Å²) in [4.78, 5) is 10.2. The number of carbonyl (C=O) groups is 1. The summed E-state index contributed by atoms with van der Waals surface area (Å²) in [5.41, 5.74) is 0. The van der Waals surface area contributed by atoms with Gasteiger partial charge in [-0.15, -0.1) is 0 Å². The molecule has 1 atom stereocenters. The van der Waals surface area contributed by atoms with Crippen LogP contribution in [0.25, 0.3) is 0 Å². The molecule has 0 radical (unpaired) electrons. The van der Waals surface area contributed by atoms with Crippen molar-refractivity contribution in [2.24, 2.45) is 5.92 Å². The summed E-state index contributed by atoms with van der Waals surface area (Å²) in [6.07, 6.45) is 4.17. The quantitative estimate of drug-likeness (QED) is 0.763. The molecule has 0 amide bonds. The van der Waals surface area contributed by atoms with Crippen molar-refractivity contribution in [2.75, 3.05) is 6.61 Å². The molecule has 0 saturated heterocycles. The molecule has 0 aromatic heterocycles. The maximum atomic E-state index is 10.2. The molecule has 0 aromatic rings. The monoisotopic (exact) mass is 202 g/mol. The number of rotatable bonds is 3. The van der Waals surface area contributed by atoms with Crippen LogP contribution in [-0.2, 0) is 9.53 Å². The highest BCUT2D eigenvalue weighted by atomic mass is 35.5. The van der Waals surface area contributed by atoms with Gasteiger partial charge in [0.2, 0.25) is 0 Å². The summed E-state index contributed by atoms with van der Waals surface area (Å²) in [6, 6.07) is 0. The average molecular weight is 203 g/mol. The van der Waals surface area contributed by atoms with E-state index in [4.69, 9.17) is 21.4 Å². The molecule has 3 nitrogen and oxygen atoms in total. The van der Waals surface area contributed by atoms with Crippen molar-refractivity contribution in [3.05, 3.63) is 22.9 Å². The molecule has 1 unspecified atom stereocenters. The van der Waals surface area contributed by atoms with E-state index >= 15 is 0 Å². The van der Waals surface area contributed by atoms with Gasteiger partial charge in [0.25, 0.3) is 0 Å². The molecule has 1 rings (SSSR count). The third-order valence-corrected chi connectivity index (χ3v) is 2.06. The number of aliphatic carboxylic acids is 1. The number of halogens is 1. The lowest BCUT2D eigenvalue weighted by Gasteiger charge is -2.18. The minimum Gasteiger partial charge on any atom is -0.486 e. The largest absolute Gasteiger partial charge is 0.486 e. The minimum absolute atomic E-state index is 0.164. The lowest BCUT2D eigenvalue weighted by atomic mass is 10.0. The highest BCUT2D eigenvalue weighted by Crippen LogP contribution is 2.27. The second-order valence-electron chi connectivity index (χ2n) is 2.97. The van der Waals surface area contributed by atoms with Crippen LogP contribution in [0.3, 0.4) is 0 Å². The smallest absolute Gasteiger partial charge is 0.341 e. The SMILES string of the molecule is CC1CC(Cl)=CC=C1OCC(=O)O. The third-order valence-electron chi connectivity index (χ3n) is 1.78. The molecule has 0 aromatic carbocycles. The maximum absolute atomic E-state index is 10.2. The Labute approximate surface area is 81.6 Å².